The van der Waals surface area contributed by atoms with Crippen LogP contribution in [0.5, 0.6) is 0 Å². The third-order valence-corrected chi connectivity index (χ3v) is 6.02. The molecule has 0 bridgehead atoms. The molecular formula is C22H31NO3. The van der Waals surface area contributed by atoms with Gasteiger partial charge in [0.2, 0.25) is 0 Å². The molecule has 26 heavy (non-hydrogen) atoms. The summed E-state index contributed by atoms with van der Waals surface area (Å²) in [5.74, 6) is 0.157. The summed E-state index contributed by atoms with van der Waals surface area (Å²) in [4.78, 5) is 15.4. The Morgan fingerprint density at radius 2 is 2.04 bits per heavy atom. The van der Waals surface area contributed by atoms with Gasteiger partial charge >= 0.3 is 0 Å². The summed E-state index contributed by atoms with van der Waals surface area (Å²) in [5, 5.41) is 0. The molecule has 1 aromatic rings. The van der Waals surface area contributed by atoms with Crippen molar-refractivity contribution < 1.29 is 14.3 Å². The van der Waals surface area contributed by atoms with Crippen molar-refractivity contribution in [2.75, 3.05) is 13.2 Å². The number of nitrogens with zero attached hydrogens (tertiary/aromatic N) is 1. The average Bonchev–Trinajstić information content (AvgIpc) is 3.52. The number of fused-ring (bicyclic) bond motifs is 1. The van der Waals surface area contributed by atoms with E-state index in [4.69, 9.17) is 9.47 Å². The number of aryl methyl sites for hydroxylation is 1. The summed E-state index contributed by atoms with van der Waals surface area (Å²) >= 11 is 0. The Morgan fingerprint density at radius 3 is 2.81 bits per heavy atom. The minimum Gasteiger partial charge on any atom is -0.376 e. The lowest BCUT2D eigenvalue weighted by Gasteiger charge is -2.37. The van der Waals surface area contributed by atoms with Gasteiger partial charge in [0.1, 0.15) is 6.10 Å². The Morgan fingerprint density at radius 1 is 1.19 bits per heavy atom. The number of ether oxygens (including phenoxy) is 2. The van der Waals surface area contributed by atoms with Crippen molar-refractivity contribution >= 4 is 5.91 Å². The third-order valence-electron chi connectivity index (χ3n) is 6.02. The van der Waals surface area contributed by atoms with Crippen LogP contribution in [-0.4, -0.2) is 42.3 Å². The number of carbonyl (C=O) groups excluding carboxylic acids is 1. The van der Waals surface area contributed by atoms with Crippen LogP contribution in [0.15, 0.2) is 24.3 Å². The normalized spacial score (nSPS) is 26.8. The van der Waals surface area contributed by atoms with E-state index in [1.807, 2.05) is 6.92 Å². The van der Waals surface area contributed by atoms with E-state index >= 15 is 0 Å². The van der Waals surface area contributed by atoms with E-state index in [0.29, 0.717) is 12.6 Å². The lowest BCUT2D eigenvalue weighted by Crippen LogP contribution is -2.44. The summed E-state index contributed by atoms with van der Waals surface area (Å²) < 4.78 is 11.7. The SMILES string of the molecule is CC(OCC1CCCCO1)C(=O)N(C1CC1)C1CCCc2ccccc21. The van der Waals surface area contributed by atoms with Gasteiger partial charge in [0.25, 0.3) is 5.91 Å². The van der Waals surface area contributed by atoms with Gasteiger partial charge < -0.3 is 14.4 Å². The lowest BCUT2D eigenvalue weighted by molar-refractivity contribution is -0.149. The first-order valence-corrected chi connectivity index (χ1v) is 10.4. The summed E-state index contributed by atoms with van der Waals surface area (Å²) in [6, 6.07) is 9.27. The maximum atomic E-state index is 13.3. The summed E-state index contributed by atoms with van der Waals surface area (Å²) in [5.41, 5.74) is 2.76. The highest BCUT2D eigenvalue weighted by Crippen LogP contribution is 2.41. The molecule has 1 aliphatic heterocycles. The molecule has 4 heteroatoms. The van der Waals surface area contributed by atoms with E-state index in [2.05, 4.69) is 29.2 Å². The fraction of sp³-hybridized carbons (Fsp3) is 0.682. The molecule has 0 spiro atoms. The Labute approximate surface area is 156 Å². The molecule has 1 aromatic carbocycles. The smallest absolute Gasteiger partial charge is 0.252 e. The first-order chi connectivity index (χ1) is 12.7. The van der Waals surface area contributed by atoms with Crippen molar-refractivity contribution in [2.24, 2.45) is 0 Å². The van der Waals surface area contributed by atoms with Crippen molar-refractivity contribution in [3.63, 3.8) is 0 Å². The third kappa shape index (κ3) is 3.96. The lowest BCUT2D eigenvalue weighted by atomic mass is 9.86. The average molecular weight is 357 g/mol. The van der Waals surface area contributed by atoms with Crippen molar-refractivity contribution in [1.82, 2.24) is 4.90 Å². The van der Waals surface area contributed by atoms with Gasteiger partial charge in [-0.15, -0.1) is 0 Å². The molecule has 0 aromatic heterocycles. The van der Waals surface area contributed by atoms with Gasteiger partial charge in [-0.1, -0.05) is 24.3 Å². The molecule has 2 aliphatic carbocycles. The van der Waals surface area contributed by atoms with Crippen molar-refractivity contribution in [3.05, 3.63) is 35.4 Å². The summed E-state index contributed by atoms with van der Waals surface area (Å²) in [7, 11) is 0. The molecule has 142 valence electrons. The molecule has 0 radical (unpaired) electrons. The Kier molecular flexibility index (Phi) is 5.60. The second kappa shape index (κ2) is 8.10. The van der Waals surface area contributed by atoms with Crippen LogP contribution in [0.2, 0.25) is 0 Å². The van der Waals surface area contributed by atoms with Crippen LogP contribution in [0.4, 0.5) is 0 Å². The molecule has 1 saturated carbocycles. The maximum Gasteiger partial charge on any atom is 0.252 e. The number of amides is 1. The minimum atomic E-state index is -0.393. The predicted octanol–water partition coefficient (Wildman–Crippen LogP) is 4.03. The molecule has 0 N–H and O–H groups in total. The van der Waals surface area contributed by atoms with Crippen molar-refractivity contribution in [2.45, 2.75) is 82.6 Å². The zero-order chi connectivity index (χ0) is 17.9. The molecule has 3 unspecified atom stereocenters. The molecule has 1 saturated heterocycles. The molecule has 3 atom stereocenters. The van der Waals surface area contributed by atoms with Gasteiger partial charge in [-0.2, -0.15) is 0 Å². The maximum absolute atomic E-state index is 13.3. The van der Waals surface area contributed by atoms with Crippen LogP contribution in [0.3, 0.4) is 0 Å². The number of rotatable bonds is 6. The Balaban J connectivity index is 1.44. The van der Waals surface area contributed by atoms with Crippen molar-refractivity contribution in [1.29, 1.82) is 0 Å². The van der Waals surface area contributed by atoms with Gasteiger partial charge in [-0.3, -0.25) is 4.79 Å². The second-order valence-corrected chi connectivity index (χ2v) is 8.05. The van der Waals surface area contributed by atoms with Gasteiger partial charge in [0.05, 0.1) is 18.8 Å². The molecule has 4 nitrogen and oxygen atoms in total. The fourth-order valence-corrected chi connectivity index (χ4v) is 4.43. The topological polar surface area (TPSA) is 38.8 Å². The summed E-state index contributed by atoms with van der Waals surface area (Å²) in [6.45, 7) is 3.27. The monoisotopic (exact) mass is 357 g/mol. The van der Waals surface area contributed by atoms with E-state index in [-0.39, 0.29) is 18.1 Å². The second-order valence-electron chi connectivity index (χ2n) is 8.05. The zero-order valence-corrected chi connectivity index (χ0v) is 15.9. The number of hydrogen-bond donors (Lipinski definition) is 0. The van der Waals surface area contributed by atoms with Crippen LogP contribution in [-0.2, 0) is 20.7 Å². The highest BCUT2D eigenvalue weighted by molar-refractivity contribution is 5.81. The Hall–Kier alpha value is -1.39. The van der Waals surface area contributed by atoms with Crippen LogP contribution < -0.4 is 0 Å². The molecule has 2 fully saturated rings. The van der Waals surface area contributed by atoms with Gasteiger partial charge in [0, 0.05) is 12.6 Å². The molecule has 3 aliphatic rings. The first kappa shape index (κ1) is 18.0. The largest absolute Gasteiger partial charge is 0.376 e. The van der Waals surface area contributed by atoms with Crippen LogP contribution in [0.1, 0.15) is 69.0 Å². The van der Waals surface area contributed by atoms with E-state index in [1.165, 1.54) is 17.5 Å². The number of hydrogen-bond acceptors (Lipinski definition) is 3. The number of carbonyl (C=O) groups is 1. The van der Waals surface area contributed by atoms with E-state index < -0.39 is 6.10 Å². The van der Waals surface area contributed by atoms with E-state index in [0.717, 1.165) is 51.6 Å². The van der Waals surface area contributed by atoms with Crippen molar-refractivity contribution in [3.8, 4) is 0 Å². The van der Waals surface area contributed by atoms with Gasteiger partial charge in [-0.25, -0.2) is 0 Å². The van der Waals surface area contributed by atoms with E-state index in [9.17, 15) is 4.79 Å². The molecule has 4 rings (SSSR count). The number of benzene rings is 1. The standard InChI is InChI=1S/C22H31NO3/c1-16(26-15-19-9-4-5-14-25-19)22(24)23(18-12-13-18)21-11-6-8-17-7-2-3-10-20(17)21/h2-3,7,10,16,18-19,21H,4-6,8-9,11-15H2,1H3. The van der Waals surface area contributed by atoms with Gasteiger partial charge in [0.15, 0.2) is 0 Å². The molecule has 1 amide bonds. The van der Waals surface area contributed by atoms with Crippen LogP contribution in [0.25, 0.3) is 0 Å². The van der Waals surface area contributed by atoms with Crippen LogP contribution >= 0.6 is 0 Å². The first-order valence-electron chi connectivity index (χ1n) is 10.4. The highest BCUT2D eigenvalue weighted by Gasteiger charge is 2.41. The molecule has 1 heterocycles. The quantitative estimate of drug-likeness (QED) is 0.771. The predicted molar refractivity (Wildman–Crippen MR) is 101 cm³/mol. The minimum absolute atomic E-state index is 0.156. The summed E-state index contributed by atoms with van der Waals surface area (Å²) in [6.07, 6.45) is 8.75. The Bertz CT molecular complexity index is 622. The zero-order valence-electron chi connectivity index (χ0n) is 15.9. The van der Waals surface area contributed by atoms with Crippen LogP contribution in [0, 0.1) is 0 Å². The van der Waals surface area contributed by atoms with Gasteiger partial charge in [-0.05, 0) is 69.4 Å². The molecular weight excluding hydrogens is 326 g/mol. The highest BCUT2D eigenvalue weighted by atomic mass is 16.5. The van der Waals surface area contributed by atoms with E-state index in [1.54, 1.807) is 0 Å². The fourth-order valence-electron chi connectivity index (χ4n) is 4.43.